The molecule has 0 atom stereocenters. The van der Waals surface area contributed by atoms with Gasteiger partial charge in [-0.3, -0.25) is 19.8 Å². The van der Waals surface area contributed by atoms with Gasteiger partial charge < -0.3 is 4.90 Å². The highest BCUT2D eigenvalue weighted by Crippen LogP contribution is 2.31. The van der Waals surface area contributed by atoms with Gasteiger partial charge in [0.25, 0.3) is 11.8 Å². The van der Waals surface area contributed by atoms with Crippen LogP contribution in [0, 0.1) is 6.92 Å². The van der Waals surface area contributed by atoms with Gasteiger partial charge in [0.2, 0.25) is 0 Å². The van der Waals surface area contributed by atoms with Crippen molar-refractivity contribution < 1.29 is 9.59 Å². The molecule has 1 fully saturated rings. The van der Waals surface area contributed by atoms with Gasteiger partial charge >= 0.3 is 0 Å². The first-order valence-corrected chi connectivity index (χ1v) is 11.8. The van der Waals surface area contributed by atoms with Crippen LogP contribution in [0.3, 0.4) is 0 Å². The highest BCUT2D eigenvalue weighted by Gasteiger charge is 2.34. The van der Waals surface area contributed by atoms with Crippen LogP contribution >= 0.6 is 12.2 Å². The first-order valence-electron chi connectivity index (χ1n) is 11.4. The number of hydrogen-bond donors (Lipinski definition) is 1. The van der Waals surface area contributed by atoms with Gasteiger partial charge in [-0.2, -0.15) is 0 Å². The number of amides is 2. The largest absolute Gasteiger partial charge is 0.367 e. The van der Waals surface area contributed by atoms with Crippen LogP contribution in [-0.2, 0) is 22.6 Å². The maximum atomic E-state index is 13.3. The van der Waals surface area contributed by atoms with Crippen LogP contribution in [0.2, 0.25) is 0 Å². The Morgan fingerprint density at radius 1 is 1.00 bits per heavy atom. The van der Waals surface area contributed by atoms with Crippen molar-refractivity contribution in [2.45, 2.75) is 26.3 Å². The zero-order valence-corrected chi connectivity index (χ0v) is 19.8. The van der Waals surface area contributed by atoms with E-state index in [0.29, 0.717) is 5.69 Å². The van der Waals surface area contributed by atoms with Crippen molar-refractivity contribution in [3.63, 3.8) is 0 Å². The summed E-state index contributed by atoms with van der Waals surface area (Å²) in [5.41, 5.74) is 6.26. The van der Waals surface area contributed by atoms with Crippen LogP contribution in [0.5, 0.6) is 0 Å². The molecule has 0 saturated carbocycles. The van der Waals surface area contributed by atoms with Gasteiger partial charge in [0.05, 0.1) is 5.69 Å². The first-order chi connectivity index (χ1) is 16.5. The van der Waals surface area contributed by atoms with E-state index >= 15 is 0 Å². The molecule has 6 heteroatoms. The van der Waals surface area contributed by atoms with E-state index in [9.17, 15) is 9.59 Å². The lowest BCUT2D eigenvalue weighted by atomic mass is 9.97. The maximum absolute atomic E-state index is 13.3. The van der Waals surface area contributed by atoms with Gasteiger partial charge in [0.1, 0.15) is 5.57 Å². The Hall–Kier alpha value is -3.77. The Morgan fingerprint density at radius 2 is 1.82 bits per heavy atom. The minimum atomic E-state index is -0.470. The SMILES string of the molecule is Cc1cccc(N2C(=O)/C(=C/c3ccc4c(c3)CCCN4Cc3ccccc3)C(=O)NC2=S)c1. The van der Waals surface area contributed by atoms with Crippen molar-refractivity contribution in [3.8, 4) is 0 Å². The van der Waals surface area contributed by atoms with Crippen LogP contribution in [-0.4, -0.2) is 23.5 Å². The lowest BCUT2D eigenvalue weighted by Gasteiger charge is -2.32. The maximum Gasteiger partial charge on any atom is 0.270 e. The van der Waals surface area contributed by atoms with Crippen molar-refractivity contribution in [1.82, 2.24) is 5.32 Å². The third kappa shape index (κ3) is 4.37. The van der Waals surface area contributed by atoms with E-state index in [2.05, 4.69) is 46.6 Å². The van der Waals surface area contributed by atoms with Gasteiger partial charge in [0.15, 0.2) is 5.11 Å². The molecule has 34 heavy (non-hydrogen) atoms. The fourth-order valence-electron chi connectivity index (χ4n) is 4.58. The van der Waals surface area contributed by atoms with Crippen LogP contribution < -0.4 is 15.1 Å². The fourth-order valence-corrected chi connectivity index (χ4v) is 4.86. The number of carbonyl (C=O) groups is 2. The zero-order chi connectivity index (χ0) is 23.7. The fraction of sp³-hybridized carbons (Fsp3) is 0.179. The molecule has 5 nitrogen and oxygen atoms in total. The summed E-state index contributed by atoms with van der Waals surface area (Å²) in [4.78, 5) is 29.8. The molecule has 0 spiro atoms. The Balaban J connectivity index is 1.44. The summed E-state index contributed by atoms with van der Waals surface area (Å²) in [6, 6.07) is 24.1. The Bertz CT molecular complexity index is 1320. The van der Waals surface area contributed by atoms with Gasteiger partial charge in [-0.15, -0.1) is 0 Å². The highest BCUT2D eigenvalue weighted by atomic mass is 32.1. The number of aryl methyl sites for hydroxylation is 2. The molecular formula is C28H25N3O2S. The minimum Gasteiger partial charge on any atom is -0.367 e. The van der Waals surface area contributed by atoms with Gasteiger partial charge in [0, 0.05) is 18.8 Å². The van der Waals surface area contributed by atoms with E-state index in [-0.39, 0.29) is 10.7 Å². The number of anilines is 2. The third-order valence-electron chi connectivity index (χ3n) is 6.21. The van der Waals surface area contributed by atoms with E-state index in [1.165, 1.54) is 21.7 Å². The van der Waals surface area contributed by atoms with E-state index in [0.717, 1.165) is 37.1 Å². The molecule has 2 aliphatic heterocycles. The van der Waals surface area contributed by atoms with E-state index in [1.54, 1.807) is 6.08 Å². The molecule has 0 radical (unpaired) electrons. The molecule has 0 aromatic heterocycles. The summed E-state index contributed by atoms with van der Waals surface area (Å²) in [6.45, 7) is 3.81. The highest BCUT2D eigenvalue weighted by molar-refractivity contribution is 7.80. The Morgan fingerprint density at radius 3 is 2.62 bits per heavy atom. The number of thiocarbonyl (C=S) groups is 1. The summed E-state index contributed by atoms with van der Waals surface area (Å²) in [5, 5.41) is 2.76. The summed E-state index contributed by atoms with van der Waals surface area (Å²) < 4.78 is 0. The predicted molar refractivity (Wildman–Crippen MR) is 140 cm³/mol. The normalized spacial score (nSPS) is 17.1. The standard InChI is InChI=1S/C28H25N3O2S/c1-19-7-5-11-23(15-19)31-27(33)24(26(32)29-28(31)34)17-21-12-13-25-22(16-21)10-6-14-30(25)18-20-8-3-2-4-9-20/h2-5,7-9,11-13,15-17H,6,10,14,18H2,1H3,(H,29,32,34)/b24-17+. The number of benzene rings is 3. The molecule has 1 saturated heterocycles. The number of hydrogen-bond acceptors (Lipinski definition) is 4. The average molecular weight is 468 g/mol. The summed E-state index contributed by atoms with van der Waals surface area (Å²) in [7, 11) is 0. The molecule has 3 aromatic rings. The topological polar surface area (TPSA) is 52.7 Å². The van der Waals surface area contributed by atoms with Crippen LogP contribution in [0.4, 0.5) is 11.4 Å². The van der Waals surface area contributed by atoms with Crippen molar-refractivity contribution in [2.24, 2.45) is 0 Å². The van der Waals surface area contributed by atoms with Crippen LogP contribution in [0.1, 0.15) is 28.7 Å². The minimum absolute atomic E-state index is 0.0759. The molecule has 2 aliphatic rings. The quantitative estimate of drug-likeness (QED) is 0.341. The summed E-state index contributed by atoms with van der Waals surface area (Å²) in [5.74, 6) is -0.884. The van der Waals surface area contributed by atoms with Gasteiger partial charge in [-0.1, -0.05) is 48.5 Å². The molecule has 0 bridgehead atoms. The van der Waals surface area contributed by atoms with E-state index < -0.39 is 11.8 Å². The monoisotopic (exact) mass is 467 g/mol. The molecule has 2 heterocycles. The number of nitrogens with zero attached hydrogens (tertiary/aromatic N) is 2. The lowest BCUT2D eigenvalue weighted by molar-refractivity contribution is -0.122. The molecule has 5 rings (SSSR count). The second kappa shape index (κ2) is 9.23. The van der Waals surface area contributed by atoms with Gasteiger partial charge in [-0.25, -0.2) is 0 Å². The molecule has 3 aromatic carbocycles. The number of fused-ring (bicyclic) bond motifs is 1. The van der Waals surface area contributed by atoms with Crippen LogP contribution in [0.15, 0.2) is 78.4 Å². The third-order valence-corrected chi connectivity index (χ3v) is 6.49. The Kier molecular flexibility index (Phi) is 5.99. The average Bonchev–Trinajstić information content (AvgIpc) is 2.82. The molecule has 0 aliphatic carbocycles. The number of carbonyl (C=O) groups excluding carboxylic acids is 2. The number of rotatable bonds is 4. The zero-order valence-electron chi connectivity index (χ0n) is 19.0. The van der Waals surface area contributed by atoms with E-state index in [4.69, 9.17) is 12.2 Å². The summed E-state index contributed by atoms with van der Waals surface area (Å²) >= 11 is 5.31. The predicted octanol–water partition coefficient (Wildman–Crippen LogP) is 4.78. The van der Waals surface area contributed by atoms with Gasteiger partial charge in [-0.05, 0) is 84.6 Å². The molecule has 1 N–H and O–H groups in total. The second-order valence-corrected chi connectivity index (χ2v) is 9.08. The first kappa shape index (κ1) is 22.0. The lowest BCUT2D eigenvalue weighted by Crippen LogP contribution is -2.54. The van der Waals surface area contributed by atoms with E-state index in [1.807, 2.05) is 43.3 Å². The molecule has 170 valence electrons. The number of nitrogens with one attached hydrogen (secondary N) is 1. The van der Waals surface area contributed by atoms with Crippen molar-refractivity contribution in [3.05, 3.63) is 101 Å². The second-order valence-electron chi connectivity index (χ2n) is 8.70. The van der Waals surface area contributed by atoms with Crippen molar-refractivity contribution in [1.29, 1.82) is 0 Å². The molecule has 0 unspecified atom stereocenters. The smallest absolute Gasteiger partial charge is 0.270 e. The van der Waals surface area contributed by atoms with Crippen LogP contribution in [0.25, 0.3) is 6.08 Å². The molecule has 2 amide bonds. The Labute approximate surface area is 204 Å². The summed E-state index contributed by atoms with van der Waals surface area (Å²) in [6.07, 6.45) is 3.70. The van der Waals surface area contributed by atoms with Crippen molar-refractivity contribution in [2.75, 3.05) is 16.3 Å². The molecular weight excluding hydrogens is 442 g/mol. The van der Waals surface area contributed by atoms with Crippen molar-refractivity contribution >= 4 is 46.6 Å².